The first-order chi connectivity index (χ1) is 11.9. The molecule has 2 aliphatic rings. The number of benzene rings is 1. The molecule has 1 heterocycles. The Balaban J connectivity index is 1.53. The minimum atomic E-state index is -0.522. The zero-order valence-electron chi connectivity index (χ0n) is 15.4. The zero-order chi connectivity index (χ0) is 18.0. The Kier molecular flexibility index (Phi) is 5.87. The summed E-state index contributed by atoms with van der Waals surface area (Å²) in [5.41, 5.74) is 0.698. The van der Waals surface area contributed by atoms with Crippen LogP contribution in [0.15, 0.2) is 18.2 Å². The molecule has 0 amide bonds. The fourth-order valence-electron chi connectivity index (χ4n) is 3.93. The van der Waals surface area contributed by atoms with Crippen molar-refractivity contribution in [2.45, 2.75) is 58.5 Å². The molecule has 2 N–H and O–H groups in total. The summed E-state index contributed by atoms with van der Waals surface area (Å²) in [6, 6.07) is 4.61. The van der Waals surface area contributed by atoms with Gasteiger partial charge in [-0.3, -0.25) is 0 Å². The minimum absolute atomic E-state index is 0.106. The van der Waals surface area contributed by atoms with E-state index in [-0.39, 0.29) is 17.6 Å². The Morgan fingerprint density at radius 2 is 2.00 bits per heavy atom. The first kappa shape index (κ1) is 18.5. The molecule has 5 nitrogen and oxygen atoms in total. The van der Waals surface area contributed by atoms with Crippen LogP contribution in [-0.4, -0.2) is 35.6 Å². The molecule has 0 spiro atoms. The minimum Gasteiger partial charge on any atom is -0.504 e. The standard InChI is InChI=1S/C20H30O5/c1-12(2)16-6-4-13(3)8-19(16)23-10-15-11-24-20(25-15)14-5-7-17(21)18(22)9-14/h5,7,9,12-13,15-16,19-22H,4,6,8,10-11H2,1-3H3/t13-,15?,16+,19?,20?/m1/s1. The van der Waals surface area contributed by atoms with Gasteiger partial charge in [0.15, 0.2) is 17.8 Å². The molecule has 5 atom stereocenters. The van der Waals surface area contributed by atoms with Crippen molar-refractivity contribution in [1.82, 2.24) is 0 Å². The number of aromatic hydroxyl groups is 2. The second kappa shape index (κ2) is 7.94. The van der Waals surface area contributed by atoms with Gasteiger partial charge >= 0.3 is 0 Å². The molecule has 140 valence electrons. The molecule has 0 aromatic heterocycles. The Bertz CT molecular complexity index is 573. The van der Waals surface area contributed by atoms with Crippen molar-refractivity contribution in [2.24, 2.45) is 17.8 Å². The van der Waals surface area contributed by atoms with Crippen molar-refractivity contribution < 1.29 is 24.4 Å². The highest BCUT2D eigenvalue weighted by atomic mass is 16.7. The normalized spacial score (nSPS) is 33.0. The number of phenolic OH excluding ortho intramolecular Hbond substituents is 2. The summed E-state index contributed by atoms with van der Waals surface area (Å²) in [4.78, 5) is 0. The third-order valence-corrected chi connectivity index (χ3v) is 5.48. The SMILES string of the molecule is CC(C)[C@@H]1CC[C@@H](C)CC1OCC1COC(c2ccc(O)c(O)c2)O1. The lowest BCUT2D eigenvalue weighted by Crippen LogP contribution is -2.36. The molecule has 1 aromatic carbocycles. The molecule has 0 bridgehead atoms. The van der Waals surface area contributed by atoms with Crippen LogP contribution in [0.1, 0.15) is 51.9 Å². The molecule has 5 heteroatoms. The highest BCUT2D eigenvalue weighted by Gasteiger charge is 2.34. The zero-order valence-corrected chi connectivity index (χ0v) is 15.4. The smallest absolute Gasteiger partial charge is 0.184 e. The van der Waals surface area contributed by atoms with Gasteiger partial charge in [-0.25, -0.2) is 0 Å². The summed E-state index contributed by atoms with van der Waals surface area (Å²) < 4.78 is 17.8. The van der Waals surface area contributed by atoms with Gasteiger partial charge in [0.2, 0.25) is 0 Å². The summed E-state index contributed by atoms with van der Waals surface area (Å²) >= 11 is 0. The van der Waals surface area contributed by atoms with E-state index in [0.29, 0.717) is 42.6 Å². The van der Waals surface area contributed by atoms with Crippen molar-refractivity contribution >= 4 is 0 Å². The molecule has 1 aromatic rings. The molecule has 3 unspecified atom stereocenters. The van der Waals surface area contributed by atoms with Gasteiger partial charge in [-0.15, -0.1) is 0 Å². The van der Waals surface area contributed by atoms with Crippen molar-refractivity contribution in [3.05, 3.63) is 23.8 Å². The van der Waals surface area contributed by atoms with Gasteiger partial charge in [0, 0.05) is 5.56 Å². The molecule has 0 radical (unpaired) electrons. The van der Waals surface area contributed by atoms with E-state index in [9.17, 15) is 10.2 Å². The fraction of sp³-hybridized carbons (Fsp3) is 0.700. The van der Waals surface area contributed by atoms with Gasteiger partial charge in [-0.2, -0.15) is 0 Å². The van der Waals surface area contributed by atoms with Gasteiger partial charge in [-0.1, -0.05) is 33.3 Å². The average Bonchev–Trinajstić information content (AvgIpc) is 3.04. The Morgan fingerprint density at radius 1 is 1.20 bits per heavy atom. The molecule has 1 aliphatic carbocycles. The lowest BCUT2D eigenvalue weighted by atomic mass is 9.75. The highest BCUT2D eigenvalue weighted by molar-refractivity contribution is 5.40. The first-order valence-corrected chi connectivity index (χ1v) is 9.34. The van der Waals surface area contributed by atoms with Crippen molar-refractivity contribution in [2.75, 3.05) is 13.2 Å². The number of rotatable bonds is 5. The van der Waals surface area contributed by atoms with E-state index >= 15 is 0 Å². The molecule has 1 saturated heterocycles. The number of ether oxygens (including phenoxy) is 3. The predicted octanol–water partition coefficient (Wildman–Crippen LogP) is 3.99. The molecule has 2 fully saturated rings. The van der Waals surface area contributed by atoms with Gasteiger partial charge in [0.25, 0.3) is 0 Å². The summed E-state index contributed by atoms with van der Waals surface area (Å²) in [5, 5.41) is 19.0. The average molecular weight is 350 g/mol. The van der Waals surface area contributed by atoms with E-state index < -0.39 is 6.29 Å². The number of hydrogen-bond acceptors (Lipinski definition) is 5. The molecule has 25 heavy (non-hydrogen) atoms. The van der Waals surface area contributed by atoms with Crippen LogP contribution < -0.4 is 0 Å². The summed E-state index contributed by atoms with van der Waals surface area (Å²) in [6.07, 6.45) is 3.31. The largest absolute Gasteiger partial charge is 0.504 e. The predicted molar refractivity (Wildman–Crippen MR) is 94.4 cm³/mol. The van der Waals surface area contributed by atoms with Crippen LogP contribution in [0.25, 0.3) is 0 Å². The van der Waals surface area contributed by atoms with Crippen molar-refractivity contribution in [3.8, 4) is 11.5 Å². The third-order valence-electron chi connectivity index (χ3n) is 5.48. The van der Waals surface area contributed by atoms with E-state index in [1.165, 1.54) is 25.0 Å². The van der Waals surface area contributed by atoms with E-state index in [0.717, 1.165) is 6.42 Å². The summed E-state index contributed by atoms with van der Waals surface area (Å²) in [5.74, 6) is 1.65. The van der Waals surface area contributed by atoms with Gasteiger partial charge in [-0.05, 0) is 42.7 Å². The van der Waals surface area contributed by atoms with Crippen LogP contribution in [0.2, 0.25) is 0 Å². The molecule has 3 rings (SSSR count). The monoisotopic (exact) mass is 350 g/mol. The van der Waals surface area contributed by atoms with E-state index in [1.54, 1.807) is 6.07 Å². The highest BCUT2D eigenvalue weighted by Crippen LogP contribution is 2.36. The first-order valence-electron chi connectivity index (χ1n) is 9.34. The van der Waals surface area contributed by atoms with Crippen LogP contribution in [0.5, 0.6) is 11.5 Å². The second-order valence-electron chi connectivity index (χ2n) is 7.87. The number of hydrogen-bond donors (Lipinski definition) is 2. The fourth-order valence-corrected chi connectivity index (χ4v) is 3.93. The topological polar surface area (TPSA) is 68.2 Å². The van der Waals surface area contributed by atoms with Crippen LogP contribution in [0, 0.1) is 17.8 Å². The van der Waals surface area contributed by atoms with Gasteiger partial charge in [0.05, 0.1) is 19.3 Å². The molecule has 1 saturated carbocycles. The maximum atomic E-state index is 9.62. The van der Waals surface area contributed by atoms with E-state index in [4.69, 9.17) is 14.2 Å². The van der Waals surface area contributed by atoms with Crippen LogP contribution in [-0.2, 0) is 14.2 Å². The van der Waals surface area contributed by atoms with Crippen LogP contribution >= 0.6 is 0 Å². The lowest BCUT2D eigenvalue weighted by Gasteiger charge is -2.37. The molecular formula is C20H30O5. The van der Waals surface area contributed by atoms with Crippen molar-refractivity contribution in [1.29, 1.82) is 0 Å². The van der Waals surface area contributed by atoms with E-state index in [1.807, 2.05) is 0 Å². The molecule has 1 aliphatic heterocycles. The lowest BCUT2D eigenvalue weighted by molar-refractivity contribution is -0.0993. The second-order valence-corrected chi connectivity index (χ2v) is 7.87. The summed E-state index contributed by atoms with van der Waals surface area (Å²) in [6.45, 7) is 7.86. The van der Waals surface area contributed by atoms with Crippen molar-refractivity contribution in [3.63, 3.8) is 0 Å². The third kappa shape index (κ3) is 4.46. The van der Waals surface area contributed by atoms with Gasteiger partial charge in [0.1, 0.15) is 6.10 Å². The quantitative estimate of drug-likeness (QED) is 0.786. The van der Waals surface area contributed by atoms with Crippen LogP contribution in [0.3, 0.4) is 0 Å². The van der Waals surface area contributed by atoms with Crippen LogP contribution in [0.4, 0.5) is 0 Å². The maximum Gasteiger partial charge on any atom is 0.184 e. The van der Waals surface area contributed by atoms with Gasteiger partial charge < -0.3 is 24.4 Å². The summed E-state index contributed by atoms with van der Waals surface area (Å²) in [7, 11) is 0. The Morgan fingerprint density at radius 3 is 2.72 bits per heavy atom. The maximum absolute atomic E-state index is 9.62. The molecular weight excluding hydrogens is 320 g/mol. The Hall–Kier alpha value is -1.30. The van der Waals surface area contributed by atoms with E-state index in [2.05, 4.69) is 20.8 Å². The Labute approximate surface area is 149 Å². The number of phenols is 2.